The molecule has 0 saturated carbocycles. The molecular weight excluding hydrogens is 451 g/mol. The van der Waals surface area contributed by atoms with Crippen molar-refractivity contribution in [2.75, 3.05) is 11.8 Å². The summed E-state index contributed by atoms with van der Waals surface area (Å²) in [5.74, 6) is -0.0567. The first kappa shape index (κ1) is 23.0. The zero-order valence-electron chi connectivity index (χ0n) is 17.1. The van der Waals surface area contributed by atoms with Gasteiger partial charge in [-0.15, -0.1) is 11.3 Å². The number of rotatable bonds is 5. The van der Waals surface area contributed by atoms with Crippen LogP contribution in [0.2, 0.25) is 0 Å². The van der Waals surface area contributed by atoms with E-state index in [-0.39, 0.29) is 16.9 Å². The average molecular weight is 472 g/mol. The minimum Gasteiger partial charge on any atom is -0.495 e. The first-order valence-corrected chi connectivity index (χ1v) is 11.4. The summed E-state index contributed by atoms with van der Waals surface area (Å²) in [7, 11) is -4.32. The van der Waals surface area contributed by atoms with Crippen molar-refractivity contribution in [2.45, 2.75) is 31.7 Å². The fourth-order valence-electron chi connectivity index (χ4n) is 2.65. The van der Waals surface area contributed by atoms with Gasteiger partial charge in [-0.2, -0.15) is 21.6 Å². The Kier molecular flexibility index (Phi) is 6.03. The van der Waals surface area contributed by atoms with Crippen LogP contribution in [0.3, 0.4) is 0 Å². The monoisotopic (exact) mass is 471 g/mol. The number of nitrogens with zero attached hydrogens (tertiary/aromatic N) is 2. The Bertz CT molecular complexity index is 1200. The number of ether oxygens (including phenoxy) is 1. The molecule has 0 unspecified atom stereocenters. The lowest BCUT2D eigenvalue weighted by atomic mass is 9.91. The van der Waals surface area contributed by atoms with Gasteiger partial charge in [-0.3, -0.25) is 9.71 Å². The molecule has 0 saturated heterocycles. The number of halogens is 3. The van der Waals surface area contributed by atoms with Gasteiger partial charge in [0.2, 0.25) is 0 Å². The van der Waals surface area contributed by atoms with Gasteiger partial charge in [0, 0.05) is 33.8 Å². The van der Waals surface area contributed by atoms with Crippen LogP contribution in [0.15, 0.2) is 41.9 Å². The number of aromatic nitrogens is 2. The molecule has 3 aromatic rings. The molecule has 2 heterocycles. The molecule has 0 aliphatic rings. The maximum absolute atomic E-state index is 12.7. The van der Waals surface area contributed by atoms with Crippen LogP contribution in [-0.4, -0.2) is 31.0 Å². The standard InChI is InChI=1S/C20H20F3N3O3S2/c1-19(2,3)17-10-13(7-8-24-17)18-25-15(11-30-18)12-5-6-14(16(9-12)29-4)26-31(27,28)20(21,22)23/h5-11,26H,1-4H3. The highest BCUT2D eigenvalue weighted by Gasteiger charge is 2.46. The average Bonchev–Trinajstić information content (AvgIpc) is 3.17. The molecule has 1 N–H and O–H groups in total. The second kappa shape index (κ2) is 8.12. The normalized spacial score (nSPS) is 12.6. The number of pyridine rings is 1. The van der Waals surface area contributed by atoms with E-state index in [0.29, 0.717) is 11.3 Å². The van der Waals surface area contributed by atoms with Crippen LogP contribution in [0.1, 0.15) is 26.5 Å². The number of thiazole rings is 1. The topological polar surface area (TPSA) is 81.2 Å². The molecule has 6 nitrogen and oxygen atoms in total. The molecule has 0 bridgehead atoms. The fraction of sp³-hybridized carbons (Fsp3) is 0.300. The Morgan fingerprint density at radius 1 is 1.06 bits per heavy atom. The highest BCUT2D eigenvalue weighted by atomic mass is 32.2. The van der Waals surface area contributed by atoms with Crippen LogP contribution >= 0.6 is 11.3 Å². The van der Waals surface area contributed by atoms with Crippen LogP contribution in [0.25, 0.3) is 21.8 Å². The van der Waals surface area contributed by atoms with Gasteiger partial charge in [-0.05, 0) is 24.3 Å². The molecule has 0 fully saturated rings. The number of methoxy groups -OCH3 is 1. The second-order valence-corrected chi connectivity index (χ2v) is 10.2. The Labute approximate surface area is 182 Å². The first-order chi connectivity index (χ1) is 14.3. The predicted octanol–water partition coefficient (Wildman–Crippen LogP) is 5.44. The molecule has 11 heteroatoms. The number of alkyl halides is 3. The third kappa shape index (κ3) is 4.99. The van der Waals surface area contributed by atoms with E-state index in [2.05, 4.69) is 30.7 Å². The van der Waals surface area contributed by atoms with Crippen molar-refractivity contribution in [1.29, 1.82) is 0 Å². The summed E-state index contributed by atoms with van der Waals surface area (Å²) in [6.45, 7) is 6.19. The highest BCUT2D eigenvalue weighted by Crippen LogP contribution is 2.36. The van der Waals surface area contributed by atoms with E-state index >= 15 is 0 Å². The quantitative estimate of drug-likeness (QED) is 0.536. The zero-order valence-corrected chi connectivity index (χ0v) is 18.7. The number of hydrogen-bond donors (Lipinski definition) is 1. The number of sulfonamides is 1. The van der Waals surface area contributed by atoms with E-state index in [1.165, 1.54) is 41.4 Å². The molecule has 31 heavy (non-hydrogen) atoms. The number of benzene rings is 1. The number of hydrogen-bond acceptors (Lipinski definition) is 6. The van der Waals surface area contributed by atoms with Crippen molar-refractivity contribution in [1.82, 2.24) is 9.97 Å². The summed E-state index contributed by atoms with van der Waals surface area (Å²) < 4.78 is 67.4. The molecule has 0 amide bonds. The van der Waals surface area contributed by atoms with E-state index in [4.69, 9.17) is 4.74 Å². The van der Waals surface area contributed by atoms with E-state index < -0.39 is 15.5 Å². The minimum absolute atomic E-state index is 0.0567. The molecule has 3 rings (SSSR count). The second-order valence-electron chi connectivity index (χ2n) is 7.68. The van der Waals surface area contributed by atoms with E-state index in [9.17, 15) is 21.6 Å². The molecule has 1 aromatic carbocycles. The summed E-state index contributed by atoms with van der Waals surface area (Å²) in [5.41, 5.74) is -2.90. The third-order valence-electron chi connectivity index (χ3n) is 4.33. The lowest BCUT2D eigenvalue weighted by Gasteiger charge is -2.17. The fourth-order valence-corrected chi connectivity index (χ4v) is 4.05. The molecule has 0 radical (unpaired) electrons. The van der Waals surface area contributed by atoms with Crippen LogP contribution < -0.4 is 9.46 Å². The van der Waals surface area contributed by atoms with E-state index in [1.54, 1.807) is 11.6 Å². The van der Waals surface area contributed by atoms with E-state index in [1.807, 2.05) is 12.1 Å². The lowest BCUT2D eigenvalue weighted by Crippen LogP contribution is -2.30. The Morgan fingerprint density at radius 3 is 2.39 bits per heavy atom. The molecular formula is C20H20F3N3O3S2. The van der Waals surface area contributed by atoms with Gasteiger partial charge in [-0.25, -0.2) is 4.98 Å². The van der Waals surface area contributed by atoms with Gasteiger partial charge >= 0.3 is 15.5 Å². The van der Waals surface area contributed by atoms with Gasteiger partial charge < -0.3 is 4.74 Å². The molecule has 0 aliphatic heterocycles. The lowest BCUT2D eigenvalue weighted by molar-refractivity contribution is -0.0429. The van der Waals surface area contributed by atoms with Gasteiger partial charge in [0.15, 0.2) is 0 Å². The summed E-state index contributed by atoms with van der Waals surface area (Å²) in [6, 6.07) is 7.94. The maximum Gasteiger partial charge on any atom is 0.516 e. The van der Waals surface area contributed by atoms with Crippen LogP contribution in [-0.2, 0) is 15.4 Å². The summed E-state index contributed by atoms with van der Waals surface area (Å²) in [5, 5.41) is 2.56. The van der Waals surface area contributed by atoms with Crippen LogP contribution in [0, 0.1) is 0 Å². The number of anilines is 1. The zero-order chi connectivity index (χ0) is 23.0. The summed E-state index contributed by atoms with van der Waals surface area (Å²) >= 11 is 1.41. The van der Waals surface area contributed by atoms with Crippen molar-refractivity contribution in [3.63, 3.8) is 0 Å². The number of nitrogens with one attached hydrogen (secondary N) is 1. The van der Waals surface area contributed by atoms with Crippen molar-refractivity contribution in [3.05, 3.63) is 47.6 Å². The maximum atomic E-state index is 12.7. The molecule has 0 atom stereocenters. The first-order valence-electron chi connectivity index (χ1n) is 9.02. The van der Waals surface area contributed by atoms with Crippen molar-refractivity contribution in [2.24, 2.45) is 0 Å². The van der Waals surface area contributed by atoms with E-state index in [0.717, 1.165) is 16.3 Å². The van der Waals surface area contributed by atoms with Gasteiger partial charge in [0.25, 0.3) is 0 Å². The van der Waals surface area contributed by atoms with Gasteiger partial charge in [0.1, 0.15) is 10.8 Å². The molecule has 166 valence electrons. The summed E-state index contributed by atoms with van der Waals surface area (Å²) in [6.07, 6.45) is 1.72. The molecule has 0 aliphatic carbocycles. The van der Waals surface area contributed by atoms with Gasteiger partial charge in [-0.1, -0.05) is 26.8 Å². The van der Waals surface area contributed by atoms with Crippen molar-refractivity contribution in [3.8, 4) is 27.6 Å². The predicted molar refractivity (Wildman–Crippen MR) is 115 cm³/mol. The Hall–Kier alpha value is -2.66. The largest absolute Gasteiger partial charge is 0.516 e. The minimum atomic E-state index is -5.56. The van der Waals surface area contributed by atoms with Crippen LogP contribution in [0.5, 0.6) is 5.75 Å². The Balaban J connectivity index is 1.93. The smallest absolute Gasteiger partial charge is 0.495 e. The van der Waals surface area contributed by atoms with Crippen molar-refractivity contribution < 1.29 is 26.3 Å². The van der Waals surface area contributed by atoms with Gasteiger partial charge in [0.05, 0.1) is 18.5 Å². The molecule has 2 aromatic heterocycles. The van der Waals surface area contributed by atoms with Crippen LogP contribution in [0.4, 0.5) is 18.9 Å². The third-order valence-corrected chi connectivity index (χ3v) is 6.32. The highest BCUT2D eigenvalue weighted by molar-refractivity contribution is 7.93. The molecule has 0 spiro atoms. The summed E-state index contributed by atoms with van der Waals surface area (Å²) in [4.78, 5) is 9.01. The SMILES string of the molecule is COc1cc(-c2csc(-c3ccnc(C(C)(C)C)c3)n2)ccc1NS(=O)(=O)C(F)(F)F. The Morgan fingerprint density at radius 2 is 1.77 bits per heavy atom. The van der Waals surface area contributed by atoms with Crippen molar-refractivity contribution >= 4 is 27.0 Å².